The fourth-order valence-corrected chi connectivity index (χ4v) is 8.43. The van der Waals surface area contributed by atoms with Crippen molar-refractivity contribution in [2.45, 2.75) is 99.0 Å². The molecule has 1 aliphatic heterocycles. The molecule has 0 radical (unpaired) electrons. The zero-order valence-corrected chi connectivity index (χ0v) is 32.9. The van der Waals surface area contributed by atoms with Crippen LogP contribution in [0.4, 0.5) is 5.69 Å². The fourth-order valence-electron chi connectivity index (χ4n) is 7.58. The predicted molar refractivity (Wildman–Crippen MR) is 220 cm³/mol. The van der Waals surface area contributed by atoms with E-state index in [-0.39, 0.29) is 5.41 Å². The molecule has 0 unspecified atom stereocenters. The van der Waals surface area contributed by atoms with Gasteiger partial charge in [-0.15, -0.1) is 11.3 Å². The first kappa shape index (κ1) is 38.7. The van der Waals surface area contributed by atoms with E-state index in [1.54, 1.807) is 17.5 Å². The first-order chi connectivity index (χ1) is 24.8. The van der Waals surface area contributed by atoms with Gasteiger partial charge in [0, 0.05) is 85.1 Å². The van der Waals surface area contributed by atoms with E-state index < -0.39 is 0 Å². The van der Waals surface area contributed by atoms with Crippen LogP contribution in [0, 0.1) is 5.41 Å². The van der Waals surface area contributed by atoms with Gasteiger partial charge in [-0.05, 0) is 94.3 Å². The van der Waals surface area contributed by atoms with Gasteiger partial charge in [-0.2, -0.15) is 0 Å². The smallest absolute Gasteiger partial charge is 0.0932 e. The zero-order valence-electron chi connectivity index (χ0n) is 32.1. The van der Waals surface area contributed by atoms with Crippen molar-refractivity contribution in [1.82, 2.24) is 30.3 Å². The Morgan fingerprint density at radius 2 is 1.84 bits per heavy atom. The van der Waals surface area contributed by atoms with Crippen LogP contribution in [0.5, 0.6) is 0 Å². The van der Waals surface area contributed by atoms with E-state index in [2.05, 4.69) is 114 Å². The number of anilines is 1. The summed E-state index contributed by atoms with van der Waals surface area (Å²) in [6.45, 7) is 27.1. The van der Waals surface area contributed by atoms with E-state index in [9.17, 15) is 0 Å². The van der Waals surface area contributed by atoms with Crippen LogP contribution < -0.4 is 15.8 Å². The second kappa shape index (κ2) is 18.8. The van der Waals surface area contributed by atoms with Gasteiger partial charge in [-0.3, -0.25) is 9.88 Å². The van der Waals surface area contributed by atoms with Crippen LogP contribution in [0.25, 0.3) is 33.4 Å². The molecule has 4 heterocycles. The average molecular weight is 711 g/mol. The lowest BCUT2D eigenvalue weighted by molar-refractivity contribution is 0.258. The van der Waals surface area contributed by atoms with Crippen molar-refractivity contribution in [1.29, 1.82) is 0 Å². The molecule has 1 saturated heterocycles. The molecule has 0 aliphatic carbocycles. The standard InChI is InChI=1S/C42H62N8S/c1-8-22-48-23-25-49(26-24-48)33-28-35(37(9-2)44-30-33)41-36(29-42(5,6)19-21-43-7)34-27-32(17-18-39(34)50(41)11-4)38-31-51-40(47-38)16-14-12-13-15-20-46-45-10-3/h10,17-18,27-28,30-31,45-46H,3,7-9,11-16,19-26,29H2,1-2,4-6H3. The van der Waals surface area contributed by atoms with Crippen LogP contribution >= 0.6 is 11.3 Å². The first-order valence-corrected chi connectivity index (χ1v) is 20.3. The Morgan fingerprint density at radius 1 is 1.04 bits per heavy atom. The predicted octanol–water partition coefficient (Wildman–Crippen LogP) is 8.94. The molecule has 0 spiro atoms. The average Bonchev–Trinajstić information content (AvgIpc) is 3.74. The Labute approximate surface area is 311 Å². The first-order valence-electron chi connectivity index (χ1n) is 19.4. The van der Waals surface area contributed by atoms with Gasteiger partial charge in [0.25, 0.3) is 0 Å². The Morgan fingerprint density at radius 3 is 2.57 bits per heavy atom. The molecule has 1 aromatic carbocycles. The van der Waals surface area contributed by atoms with Crippen LogP contribution in [-0.4, -0.2) is 72.0 Å². The number of aryl methyl sites for hydroxylation is 3. The van der Waals surface area contributed by atoms with E-state index in [1.165, 1.54) is 81.9 Å². The normalized spacial score (nSPS) is 14.0. The van der Waals surface area contributed by atoms with Crippen molar-refractivity contribution < 1.29 is 0 Å². The highest BCUT2D eigenvalue weighted by Gasteiger charge is 2.28. The highest BCUT2D eigenvalue weighted by Crippen LogP contribution is 2.42. The molecule has 8 nitrogen and oxygen atoms in total. The van der Waals surface area contributed by atoms with Gasteiger partial charge in [-0.1, -0.05) is 53.2 Å². The number of benzene rings is 1. The van der Waals surface area contributed by atoms with E-state index in [0.717, 1.165) is 83.6 Å². The van der Waals surface area contributed by atoms with Crippen molar-refractivity contribution in [3.8, 4) is 22.5 Å². The largest absolute Gasteiger partial charge is 0.368 e. The second-order valence-electron chi connectivity index (χ2n) is 14.8. The molecule has 3 aromatic heterocycles. The molecule has 0 amide bonds. The van der Waals surface area contributed by atoms with Crippen molar-refractivity contribution in [2.75, 3.05) is 50.7 Å². The van der Waals surface area contributed by atoms with Gasteiger partial charge >= 0.3 is 0 Å². The van der Waals surface area contributed by atoms with Crippen LogP contribution in [-0.2, 0) is 25.8 Å². The van der Waals surface area contributed by atoms with E-state index in [1.807, 2.05) is 0 Å². The summed E-state index contributed by atoms with van der Waals surface area (Å²) >= 11 is 1.80. The number of hydrogen-bond acceptors (Lipinski definition) is 8. The highest BCUT2D eigenvalue weighted by atomic mass is 32.1. The SMILES string of the molecule is C=CNNCCCCCCc1nc(-c2ccc3c(c2)c(CC(C)(C)CCN=C)c(-c2cc(N4CCN(CCC)CC4)cnc2CC)n3CC)cs1. The zero-order chi connectivity index (χ0) is 36.2. The molecule has 276 valence electrons. The van der Waals surface area contributed by atoms with Crippen molar-refractivity contribution in [2.24, 2.45) is 10.4 Å². The number of aliphatic imine (C=N–C) groups is 1. The molecule has 9 heteroatoms. The minimum absolute atomic E-state index is 0.0534. The van der Waals surface area contributed by atoms with Gasteiger partial charge in [0.05, 0.1) is 28.3 Å². The molecular formula is C42H62N8S. The van der Waals surface area contributed by atoms with Crippen LogP contribution in [0.2, 0.25) is 0 Å². The second-order valence-corrected chi connectivity index (χ2v) is 15.7. The third-order valence-electron chi connectivity index (χ3n) is 10.4. The number of rotatable bonds is 21. The number of nitrogens with one attached hydrogen (secondary N) is 2. The molecule has 5 rings (SSSR count). The number of pyridine rings is 1. The fraction of sp³-hybridized carbons (Fsp3) is 0.548. The molecule has 2 N–H and O–H groups in total. The van der Waals surface area contributed by atoms with Gasteiger partial charge < -0.3 is 19.9 Å². The summed E-state index contributed by atoms with van der Waals surface area (Å²) in [7, 11) is 0. The number of nitrogens with zero attached hydrogens (tertiary/aromatic N) is 6. The maximum Gasteiger partial charge on any atom is 0.0932 e. The number of hydrazine groups is 1. The third kappa shape index (κ3) is 9.87. The number of hydrogen-bond donors (Lipinski definition) is 2. The summed E-state index contributed by atoms with van der Waals surface area (Å²) in [5.41, 5.74) is 16.2. The number of thiazole rings is 1. The molecule has 0 saturated carbocycles. The van der Waals surface area contributed by atoms with Crippen LogP contribution in [0.3, 0.4) is 0 Å². The van der Waals surface area contributed by atoms with Gasteiger partial charge in [-0.25, -0.2) is 10.4 Å². The Kier molecular flexibility index (Phi) is 14.3. The maximum atomic E-state index is 5.15. The topological polar surface area (TPSA) is 73.6 Å². The van der Waals surface area contributed by atoms with Crippen molar-refractivity contribution in [3.05, 3.63) is 64.9 Å². The number of piperazine rings is 1. The minimum atomic E-state index is 0.0534. The minimum Gasteiger partial charge on any atom is -0.368 e. The molecule has 0 atom stereocenters. The van der Waals surface area contributed by atoms with E-state index >= 15 is 0 Å². The molecular weight excluding hydrogens is 649 g/mol. The van der Waals surface area contributed by atoms with Crippen molar-refractivity contribution in [3.63, 3.8) is 0 Å². The molecule has 1 aliphatic rings. The van der Waals surface area contributed by atoms with Crippen molar-refractivity contribution >= 4 is 34.6 Å². The van der Waals surface area contributed by atoms with Gasteiger partial charge in [0.15, 0.2) is 0 Å². The molecule has 4 aromatic rings. The van der Waals surface area contributed by atoms with E-state index in [4.69, 9.17) is 9.97 Å². The molecule has 1 fully saturated rings. The number of unbranched alkanes of at least 4 members (excludes halogenated alkanes) is 3. The van der Waals surface area contributed by atoms with Gasteiger partial charge in [0.1, 0.15) is 0 Å². The Balaban J connectivity index is 1.49. The van der Waals surface area contributed by atoms with Gasteiger partial charge in [0.2, 0.25) is 0 Å². The summed E-state index contributed by atoms with van der Waals surface area (Å²) in [5.74, 6) is 0. The summed E-state index contributed by atoms with van der Waals surface area (Å²) in [6, 6.07) is 9.49. The molecule has 51 heavy (non-hydrogen) atoms. The lowest BCUT2D eigenvalue weighted by Crippen LogP contribution is -2.46. The lowest BCUT2D eigenvalue weighted by atomic mass is 9.81. The Bertz CT molecular complexity index is 1710. The quantitative estimate of drug-likeness (QED) is 0.0511. The van der Waals surface area contributed by atoms with Crippen LogP contribution in [0.1, 0.15) is 89.4 Å². The lowest BCUT2D eigenvalue weighted by Gasteiger charge is -2.36. The number of aromatic nitrogens is 3. The van der Waals surface area contributed by atoms with Crippen LogP contribution in [0.15, 0.2) is 53.6 Å². The summed E-state index contributed by atoms with van der Waals surface area (Å²) in [5, 5.41) is 4.81. The highest BCUT2D eigenvalue weighted by molar-refractivity contribution is 7.09. The maximum absolute atomic E-state index is 5.15. The third-order valence-corrected chi connectivity index (χ3v) is 11.3. The van der Waals surface area contributed by atoms with E-state index in [0.29, 0.717) is 0 Å². The Hall–Kier alpha value is -3.53. The molecule has 0 bridgehead atoms. The number of fused-ring (bicyclic) bond motifs is 1. The summed E-state index contributed by atoms with van der Waals surface area (Å²) in [6.07, 6.45) is 13.6. The summed E-state index contributed by atoms with van der Waals surface area (Å²) in [4.78, 5) is 19.7. The summed E-state index contributed by atoms with van der Waals surface area (Å²) < 4.78 is 2.55. The monoisotopic (exact) mass is 710 g/mol.